The summed E-state index contributed by atoms with van der Waals surface area (Å²) in [5.74, 6) is -0.609. The predicted octanol–water partition coefficient (Wildman–Crippen LogP) is 3.43. The number of sulfonamides is 1. The number of rotatable bonds is 7. The van der Waals surface area contributed by atoms with Gasteiger partial charge in [-0.25, -0.2) is 18.9 Å². The molecule has 3 aromatic rings. The number of aromatic nitrogens is 1. The lowest BCUT2D eigenvalue weighted by Crippen LogP contribution is -2.48. The highest BCUT2D eigenvalue weighted by molar-refractivity contribution is 7.89. The molecule has 1 aromatic heterocycles. The minimum Gasteiger partial charge on any atom is -0.345 e. The highest BCUT2D eigenvalue weighted by Crippen LogP contribution is 2.27. The Morgan fingerprint density at radius 3 is 2.38 bits per heavy atom. The molecule has 2 fully saturated rings. The van der Waals surface area contributed by atoms with Gasteiger partial charge in [0.15, 0.2) is 5.13 Å². The Bertz CT molecular complexity index is 1330. The number of carbonyl (C=O) groups excluding carboxylic acids is 1. The second-order valence-electron chi connectivity index (χ2n) is 9.40. The van der Waals surface area contributed by atoms with Gasteiger partial charge in [0.05, 0.1) is 11.1 Å². The van der Waals surface area contributed by atoms with Gasteiger partial charge >= 0.3 is 0 Å². The van der Waals surface area contributed by atoms with Crippen LogP contribution in [0.15, 0.2) is 59.6 Å². The fraction of sp³-hybridized carbons (Fsp3) is 0.385. The van der Waals surface area contributed by atoms with Crippen LogP contribution in [0.3, 0.4) is 0 Å². The Balaban J connectivity index is 1.22. The minimum atomic E-state index is -3.62. The van der Waals surface area contributed by atoms with Crippen LogP contribution >= 0.6 is 11.3 Å². The molecule has 2 aliphatic rings. The van der Waals surface area contributed by atoms with Gasteiger partial charge in [-0.3, -0.25) is 14.9 Å². The van der Waals surface area contributed by atoms with Gasteiger partial charge < -0.3 is 4.90 Å². The van der Waals surface area contributed by atoms with E-state index in [1.165, 1.54) is 35.3 Å². The van der Waals surface area contributed by atoms with Crippen molar-refractivity contribution in [1.29, 1.82) is 0 Å². The van der Waals surface area contributed by atoms with E-state index in [-0.39, 0.29) is 4.90 Å². The van der Waals surface area contributed by atoms with Crippen molar-refractivity contribution < 1.29 is 18.4 Å². The molecular weight excluding hydrogens is 510 g/mol. The molecule has 2 saturated heterocycles. The first kappa shape index (κ1) is 25.8. The summed E-state index contributed by atoms with van der Waals surface area (Å²) in [6.07, 6.45) is 5.25. The molecule has 2 N–H and O–H groups in total. The third-order valence-electron chi connectivity index (χ3n) is 6.94. The van der Waals surface area contributed by atoms with E-state index in [2.05, 4.69) is 34.1 Å². The molecule has 0 aliphatic carbocycles. The van der Waals surface area contributed by atoms with Crippen LogP contribution in [-0.2, 0) is 16.6 Å². The molecular formula is C26H31N5O4S2. The van der Waals surface area contributed by atoms with Gasteiger partial charge in [0.2, 0.25) is 10.0 Å². The molecule has 11 heteroatoms. The number of likely N-dealkylation sites (tertiary alicyclic amines) is 1. The largest absolute Gasteiger partial charge is 0.345 e. The van der Waals surface area contributed by atoms with Crippen LogP contribution in [-0.4, -0.2) is 73.0 Å². The molecule has 5 rings (SSSR count). The lowest BCUT2D eigenvalue weighted by atomic mass is 10.0. The summed E-state index contributed by atoms with van der Waals surface area (Å²) in [6.45, 7) is 4.83. The zero-order valence-electron chi connectivity index (χ0n) is 20.5. The number of amides is 1. The first-order valence-corrected chi connectivity index (χ1v) is 14.8. The van der Waals surface area contributed by atoms with Crippen molar-refractivity contribution in [3.05, 3.63) is 65.2 Å². The van der Waals surface area contributed by atoms with Gasteiger partial charge in [0, 0.05) is 32.7 Å². The topological polar surface area (TPSA) is 106 Å². The SMILES string of the molecule is O=C(NO)c1cnc(N2CCN(S(=O)(=O)c3ccc(-c4cccc(CN5CCCCC5)c4)cc3)CC2)s1. The Morgan fingerprint density at radius 1 is 0.946 bits per heavy atom. The zero-order chi connectivity index (χ0) is 25.8. The highest BCUT2D eigenvalue weighted by Gasteiger charge is 2.29. The fourth-order valence-electron chi connectivity index (χ4n) is 4.88. The van der Waals surface area contributed by atoms with E-state index in [1.807, 2.05) is 17.0 Å². The Morgan fingerprint density at radius 2 is 1.68 bits per heavy atom. The van der Waals surface area contributed by atoms with Crippen molar-refractivity contribution in [3.8, 4) is 11.1 Å². The van der Waals surface area contributed by atoms with E-state index in [4.69, 9.17) is 5.21 Å². The van der Waals surface area contributed by atoms with E-state index in [0.717, 1.165) is 42.1 Å². The number of hydrogen-bond donors (Lipinski definition) is 2. The number of hydrogen-bond acceptors (Lipinski definition) is 8. The first-order valence-electron chi connectivity index (χ1n) is 12.5. The molecule has 9 nitrogen and oxygen atoms in total. The summed E-state index contributed by atoms with van der Waals surface area (Å²) in [5.41, 5.74) is 4.96. The molecule has 0 atom stereocenters. The van der Waals surface area contributed by atoms with Crippen LogP contribution in [0.25, 0.3) is 11.1 Å². The van der Waals surface area contributed by atoms with Gasteiger partial charge in [-0.1, -0.05) is 48.1 Å². The number of nitrogens with one attached hydrogen (secondary N) is 1. The Labute approximate surface area is 221 Å². The number of anilines is 1. The molecule has 2 aliphatic heterocycles. The lowest BCUT2D eigenvalue weighted by molar-refractivity contribution is 0.0710. The minimum absolute atomic E-state index is 0.283. The molecule has 0 radical (unpaired) electrons. The highest BCUT2D eigenvalue weighted by atomic mass is 32.2. The van der Waals surface area contributed by atoms with Crippen LogP contribution in [0.5, 0.6) is 0 Å². The van der Waals surface area contributed by atoms with Crippen LogP contribution in [0.1, 0.15) is 34.5 Å². The summed E-state index contributed by atoms with van der Waals surface area (Å²) in [4.78, 5) is 20.8. The normalized spacial score (nSPS) is 17.6. The van der Waals surface area contributed by atoms with E-state index < -0.39 is 15.9 Å². The molecule has 0 spiro atoms. The summed E-state index contributed by atoms with van der Waals surface area (Å²) in [7, 11) is -3.62. The number of piperazine rings is 1. The van der Waals surface area contributed by atoms with Crippen molar-refractivity contribution in [2.24, 2.45) is 0 Å². The Hall–Kier alpha value is -2.83. The van der Waals surface area contributed by atoms with Gasteiger partial charge in [-0.15, -0.1) is 0 Å². The predicted molar refractivity (Wildman–Crippen MR) is 143 cm³/mol. The van der Waals surface area contributed by atoms with E-state index in [0.29, 0.717) is 36.2 Å². The van der Waals surface area contributed by atoms with Crippen molar-refractivity contribution in [1.82, 2.24) is 19.7 Å². The number of thiazole rings is 1. The van der Waals surface area contributed by atoms with E-state index >= 15 is 0 Å². The molecule has 3 heterocycles. The molecule has 2 aromatic carbocycles. The van der Waals surface area contributed by atoms with Crippen LogP contribution in [0.4, 0.5) is 5.13 Å². The average molecular weight is 542 g/mol. The number of benzene rings is 2. The molecule has 0 unspecified atom stereocenters. The van der Waals surface area contributed by atoms with Gasteiger partial charge in [0.25, 0.3) is 5.91 Å². The van der Waals surface area contributed by atoms with Crippen molar-refractivity contribution in [3.63, 3.8) is 0 Å². The fourth-order valence-corrected chi connectivity index (χ4v) is 7.16. The second-order valence-corrected chi connectivity index (χ2v) is 12.3. The number of piperidine rings is 1. The zero-order valence-corrected chi connectivity index (χ0v) is 22.2. The van der Waals surface area contributed by atoms with Gasteiger partial charge in [-0.05, 0) is 60.8 Å². The molecule has 37 heavy (non-hydrogen) atoms. The van der Waals surface area contributed by atoms with Gasteiger partial charge in [-0.2, -0.15) is 4.31 Å². The molecule has 196 valence electrons. The van der Waals surface area contributed by atoms with Crippen molar-refractivity contribution in [2.45, 2.75) is 30.7 Å². The van der Waals surface area contributed by atoms with Crippen molar-refractivity contribution >= 4 is 32.4 Å². The molecule has 1 amide bonds. The second kappa shape index (κ2) is 11.3. The van der Waals surface area contributed by atoms with Crippen LogP contribution in [0.2, 0.25) is 0 Å². The summed E-state index contributed by atoms with van der Waals surface area (Å²) >= 11 is 1.16. The smallest absolute Gasteiger partial charge is 0.286 e. The van der Waals surface area contributed by atoms with Gasteiger partial charge in [0.1, 0.15) is 4.88 Å². The van der Waals surface area contributed by atoms with Crippen LogP contribution in [0, 0.1) is 0 Å². The standard InChI is InChI=1S/C26H31N5O4S2/c32-25(28-33)24-18-27-26(36-24)30-13-15-31(16-14-30)37(34,35)23-9-7-21(8-10-23)22-6-4-5-20(17-22)19-29-11-2-1-3-12-29/h4-10,17-18,33H,1-3,11-16,19H2,(H,28,32). The lowest BCUT2D eigenvalue weighted by Gasteiger charge is -2.33. The molecule has 0 saturated carbocycles. The van der Waals surface area contributed by atoms with Crippen LogP contribution < -0.4 is 10.4 Å². The quantitative estimate of drug-likeness (QED) is 0.349. The summed E-state index contributed by atoms with van der Waals surface area (Å²) in [6, 6.07) is 15.6. The number of hydroxylamine groups is 1. The Kier molecular flexibility index (Phi) is 7.87. The average Bonchev–Trinajstić information content (AvgIpc) is 3.44. The number of nitrogens with zero attached hydrogens (tertiary/aromatic N) is 4. The first-order chi connectivity index (χ1) is 17.9. The maximum atomic E-state index is 13.3. The van der Waals surface area contributed by atoms with Crippen molar-refractivity contribution in [2.75, 3.05) is 44.2 Å². The summed E-state index contributed by atoms with van der Waals surface area (Å²) in [5, 5.41) is 9.41. The third kappa shape index (κ3) is 5.86. The van der Waals surface area contributed by atoms with E-state index in [9.17, 15) is 13.2 Å². The maximum absolute atomic E-state index is 13.3. The maximum Gasteiger partial charge on any atom is 0.286 e. The third-order valence-corrected chi connectivity index (χ3v) is 9.91. The van der Waals surface area contributed by atoms with E-state index in [1.54, 1.807) is 17.6 Å². The monoisotopic (exact) mass is 541 g/mol. The number of carbonyl (C=O) groups is 1. The summed E-state index contributed by atoms with van der Waals surface area (Å²) < 4.78 is 28.1. The molecule has 0 bridgehead atoms.